The molecule has 0 saturated heterocycles. The molecule has 2 heterocycles. The predicted molar refractivity (Wildman–Crippen MR) is 225 cm³/mol. The molecule has 0 aliphatic carbocycles. The number of thiophene rings is 1. The largest absolute Gasteiger partial charge is 0.228 e. The summed E-state index contributed by atoms with van der Waals surface area (Å²) in [5, 5.41) is 5.01. The van der Waals surface area contributed by atoms with E-state index in [0.717, 1.165) is 50.3 Å². The van der Waals surface area contributed by atoms with Gasteiger partial charge in [0.05, 0.1) is 11.4 Å². The lowest BCUT2D eigenvalue weighted by molar-refractivity contribution is 1.18. The molecular weight excluding hydrogens is 661 g/mol. The predicted octanol–water partition coefficient (Wildman–Crippen LogP) is 14.0. The Kier molecular flexibility index (Phi) is 7.71. The molecule has 2 aromatic heterocycles. The molecule has 0 aliphatic rings. The summed E-state index contributed by atoms with van der Waals surface area (Å²) in [6, 6.07) is 69.2. The fourth-order valence-electron chi connectivity index (χ4n) is 7.46. The van der Waals surface area contributed by atoms with E-state index in [1.54, 1.807) is 0 Å². The maximum absolute atomic E-state index is 5.41. The Balaban J connectivity index is 1.20. The van der Waals surface area contributed by atoms with Gasteiger partial charge in [-0.1, -0.05) is 158 Å². The van der Waals surface area contributed by atoms with Gasteiger partial charge in [-0.25, -0.2) is 9.97 Å². The second-order valence-electron chi connectivity index (χ2n) is 13.4. The quantitative estimate of drug-likeness (QED) is 0.173. The monoisotopic (exact) mass is 692 g/mol. The van der Waals surface area contributed by atoms with Crippen LogP contribution in [0.4, 0.5) is 0 Å². The molecule has 0 spiro atoms. The van der Waals surface area contributed by atoms with Crippen LogP contribution < -0.4 is 0 Å². The second-order valence-corrected chi connectivity index (χ2v) is 14.4. The van der Waals surface area contributed by atoms with Gasteiger partial charge >= 0.3 is 0 Å². The van der Waals surface area contributed by atoms with Gasteiger partial charge in [0.25, 0.3) is 0 Å². The summed E-state index contributed by atoms with van der Waals surface area (Å²) in [4.78, 5) is 10.7. The van der Waals surface area contributed by atoms with Gasteiger partial charge < -0.3 is 0 Å². The minimum atomic E-state index is 0.698. The molecule has 0 aliphatic heterocycles. The third-order valence-electron chi connectivity index (χ3n) is 10.1. The fourth-order valence-corrected chi connectivity index (χ4v) is 8.70. The zero-order valence-electron chi connectivity index (χ0n) is 28.8. The standard InChI is InChI=1S/C50H32N2S/c1-3-14-33(15-4-1)38-29-39(42-23-13-24-44-43-21-11-12-25-48(43)53-49(42)44)31-40(30-38)47-32-46(35-17-5-2-6-18-35)51-50(52-47)45-22-10-9-20-41(45)37-27-26-34-16-7-8-19-36(34)28-37/h1-32H. The maximum atomic E-state index is 5.41. The number of hydrogen-bond acceptors (Lipinski definition) is 3. The van der Waals surface area contributed by atoms with Crippen LogP contribution in [0.15, 0.2) is 194 Å². The van der Waals surface area contributed by atoms with Crippen LogP contribution in [0.2, 0.25) is 0 Å². The van der Waals surface area contributed by atoms with E-state index in [0.29, 0.717) is 5.82 Å². The van der Waals surface area contributed by atoms with Crippen LogP contribution in [0.25, 0.3) is 98.2 Å². The lowest BCUT2D eigenvalue weighted by Gasteiger charge is -2.15. The number of nitrogens with zero attached hydrogens (tertiary/aromatic N) is 2. The van der Waals surface area contributed by atoms with Gasteiger partial charge in [-0.05, 0) is 80.6 Å². The lowest BCUT2D eigenvalue weighted by Crippen LogP contribution is -1.98. The first-order valence-corrected chi connectivity index (χ1v) is 18.7. The topological polar surface area (TPSA) is 25.8 Å². The van der Waals surface area contributed by atoms with Crippen molar-refractivity contribution in [1.82, 2.24) is 9.97 Å². The molecule has 248 valence electrons. The Morgan fingerprint density at radius 3 is 1.75 bits per heavy atom. The number of benzene rings is 8. The smallest absolute Gasteiger partial charge is 0.161 e. The first-order valence-electron chi connectivity index (χ1n) is 17.9. The molecule has 10 aromatic rings. The minimum Gasteiger partial charge on any atom is -0.228 e. The van der Waals surface area contributed by atoms with E-state index in [4.69, 9.17) is 9.97 Å². The van der Waals surface area contributed by atoms with Gasteiger partial charge in [-0.15, -0.1) is 11.3 Å². The molecule has 3 heteroatoms. The van der Waals surface area contributed by atoms with Crippen molar-refractivity contribution >= 4 is 42.3 Å². The molecule has 0 radical (unpaired) electrons. The average molecular weight is 693 g/mol. The second kappa shape index (κ2) is 13.1. The highest BCUT2D eigenvalue weighted by Crippen LogP contribution is 2.42. The van der Waals surface area contributed by atoms with Crippen molar-refractivity contribution in [3.8, 4) is 67.3 Å². The molecule has 10 rings (SSSR count). The first kappa shape index (κ1) is 31.1. The van der Waals surface area contributed by atoms with Crippen LogP contribution in [-0.2, 0) is 0 Å². The van der Waals surface area contributed by atoms with Crippen molar-refractivity contribution in [2.24, 2.45) is 0 Å². The summed E-state index contributed by atoms with van der Waals surface area (Å²) in [5.74, 6) is 0.698. The summed E-state index contributed by atoms with van der Waals surface area (Å²) in [5.41, 5.74) is 11.8. The van der Waals surface area contributed by atoms with Crippen molar-refractivity contribution < 1.29 is 0 Å². The van der Waals surface area contributed by atoms with Gasteiger partial charge in [0, 0.05) is 36.9 Å². The maximum Gasteiger partial charge on any atom is 0.161 e. The van der Waals surface area contributed by atoms with Crippen molar-refractivity contribution in [3.05, 3.63) is 194 Å². The summed E-state index contributed by atoms with van der Waals surface area (Å²) in [6.07, 6.45) is 0. The fraction of sp³-hybridized carbons (Fsp3) is 0. The van der Waals surface area contributed by atoms with E-state index in [9.17, 15) is 0 Å². The number of aromatic nitrogens is 2. The van der Waals surface area contributed by atoms with Gasteiger partial charge in [-0.2, -0.15) is 0 Å². The van der Waals surface area contributed by atoms with Crippen molar-refractivity contribution in [2.75, 3.05) is 0 Å². The van der Waals surface area contributed by atoms with Crippen LogP contribution in [0.3, 0.4) is 0 Å². The summed E-state index contributed by atoms with van der Waals surface area (Å²) in [6.45, 7) is 0. The van der Waals surface area contributed by atoms with E-state index >= 15 is 0 Å². The Bertz CT molecular complexity index is 2950. The van der Waals surface area contributed by atoms with E-state index in [1.807, 2.05) is 17.4 Å². The molecule has 2 nitrogen and oxygen atoms in total. The third kappa shape index (κ3) is 5.78. The Morgan fingerprint density at radius 2 is 0.925 bits per heavy atom. The number of hydrogen-bond donors (Lipinski definition) is 0. The summed E-state index contributed by atoms with van der Waals surface area (Å²) < 4.78 is 2.59. The molecule has 0 N–H and O–H groups in total. The van der Waals surface area contributed by atoms with E-state index in [-0.39, 0.29) is 0 Å². The third-order valence-corrected chi connectivity index (χ3v) is 11.3. The minimum absolute atomic E-state index is 0.698. The van der Waals surface area contributed by atoms with E-state index < -0.39 is 0 Å². The zero-order valence-corrected chi connectivity index (χ0v) is 29.6. The van der Waals surface area contributed by atoms with Gasteiger partial charge in [-0.3, -0.25) is 0 Å². The molecule has 53 heavy (non-hydrogen) atoms. The van der Waals surface area contributed by atoms with Gasteiger partial charge in [0.15, 0.2) is 5.82 Å². The van der Waals surface area contributed by atoms with Crippen LogP contribution >= 0.6 is 11.3 Å². The van der Waals surface area contributed by atoms with Crippen molar-refractivity contribution in [2.45, 2.75) is 0 Å². The number of fused-ring (bicyclic) bond motifs is 4. The van der Waals surface area contributed by atoms with Gasteiger partial charge in [0.2, 0.25) is 0 Å². The molecule has 0 amide bonds. The Morgan fingerprint density at radius 1 is 0.321 bits per heavy atom. The molecule has 0 saturated carbocycles. The highest BCUT2D eigenvalue weighted by Gasteiger charge is 2.17. The van der Waals surface area contributed by atoms with Gasteiger partial charge in [0.1, 0.15) is 0 Å². The molecule has 8 aromatic carbocycles. The van der Waals surface area contributed by atoms with Crippen LogP contribution in [0.1, 0.15) is 0 Å². The SMILES string of the molecule is c1ccc(-c2cc(-c3cc(-c4ccccc4)nc(-c4ccccc4-c4ccc5ccccc5c4)n3)cc(-c3cccc4c3sc3ccccc34)c2)cc1. The van der Waals surface area contributed by atoms with E-state index in [1.165, 1.54) is 42.1 Å². The van der Waals surface area contributed by atoms with Crippen LogP contribution in [0.5, 0.6) is 0 Å². The first-order chi connectivity index (χ1) is 26.2. The van der Waals surface area contributed by atoms with E-state index in [2.05, 4.69) is 188 Å². The highest BCUT2D eigenvalue weighted by molar-refractivity contribution is 7.26. The molecule has 0 atom stereocenters. The summed E-state index contributed by atoms with van der Waals surface area (Å²) >= 11 is 1.86. The van der Waals surface area contributed by atoms with Crippen LogP contribution in [-0.4, -0.2) is 9.97 Å². The van der Waals surface area contributed by atoms with Crippen molar-refractivity contribution in [3.63, 3.8) is 0 Å². The van der Waals surface area contributed by atoms with Crippen molar-refractivity contribution in [1.29, 1.82) is 0 Å². The lowest BCUT2D eigenvalue weighted by atomic mass is 9.93. The highest BCUT2D eigenvalue weighted by atomic mass is 32.1. The average Bonchev–Trinajstić information content (AvgIpc) is 3.63. The molecule has 0 unspecified atom stereocenters. The normalized spacial score (nSPS) is 11.4. The molecular formula is C50H32N2S. The molecule has 0 fully saturated rings. The number of rotatable bonds is 6. The summed E-state index contributed by atoms with van der Waals surface area (Å²) in [7, 11) is 0. The van der Waals surface area contributed by atoms with Crippen LogP contribution in [0, 0.1) is 0 Å². The zero-order chi connectivity index (χ0) is 35.1. The molecule has 0 bridgehead atoms. The Hall–Kier alpha value is -6.68. The Labute approximate surface area is 312 Å².